The summed E-state index contributed by atoms with van der Waals surface area (Å²) in [6.07, 6.45) is 1.49. The number of nitrogens with one attached hydrogen (secondary N) is 1. The third-order valence-corrected chi connectivity index (χ3v) is 6.64. The molecule has 0 unspecified atom stereocenters. The fourth-order valence-corrected chi connectivity index (χ4v) is 4.74. The zero-order chi connectivity index (χ0) is 29.4. The van der Waals surface area contributed by atoms with Gasteiger partial charge in [-0.05, 0) is 81.7 Å². The van der Waals surface area contributed by atoms with E-state index in [9.17, 15) is 23.2 Å². The van der Waals surface area contributed by atoms with Crippen molar-refractivity contribution in [3.63, 3.8) is 0 Å². The highest BCUT2D eigenvalue weighted by Crippen LogP contribution is 2.42. The van der Waals surface area contributed by atoms with Crippen LogP contribution in [0.4, 0.5) is 19.3 Å². The van der Waals surface area contributed by atoms with Crippen LogP contribution < -0.4 is 10.1 Å². The van der Waals surface area contributed by atoms with Gasteiger partial charge < -0.3 is 14.8 Å². The quantitative estimate of drug-likeness (QED) is 0.326. The summed E-state index contributed by atoms with van der Waals surface area (Å²) in [5.74, 6) is -2.62. The van der Waals surface area contributed by atoms with Crippen molar-refractivity contribution in [3.05, 3.63) is 83.5 Å². The fourth-order valence-electron chi connectivity index (χ4n) is 4.74. The first kappa shape index (κ1) is 28.7. The van der Waals surface area contributed by atoms with Crippen LogP contribution in [0.25, 0.3) is 11.1 Å². The molecule has 2 amide bonds. The molecule has 9 heteroatoms. The number of likely N-dealkylation sites (tertiary alicyclic amines) is 1. The number of nitrogens with zero attached hydrogens (tertiary/aromatic N) is 1. The number of hydrogen-bond acceptors (Lipinski definition) is 5. The summed E-state index contributed by atoms with van der Waals surface area (Å²) >= 11 is 0. The predicted molar refractivity (Wildman–Crippen MR) is 149 cm³/mol. The number of anilines is 1. The van der Waals surface area contributed by atoms with Gasteiger partial charge in [-0.3, -0.25) is 14.5 Å². The number of Topliss-reactive ketones (excluding diaryl/α,β-unsaturated/α-hetero) is 1. The number of benzene rings is 2. The fraction of sp³-hybridized carbons (Fsp3) is 0.323. The molecule has 7 nitrogen and oxygen atoms in total. The van der Waals surface area contributed by atoms with Gasteiger partial charge in [0.15, 0.2) is 11.4 Å². The number of carbonyl (C=O) groups is 3. The predicted octanol–water partition coefficient (Wildman–Crippen LogP) is 6.84. The lowest BCUT2D eigenvalue weighted by atomic mass is 9.83. The Morgan fingerprint density at radius 2 is 1.77 bits per heavy atom. The number of ether oxygens (including phenoxy) is 2. The molecule has 0 bridgehead atoms. The molecule has 1 spiro atoms. The molecule has 1 fully saturated rings. The van der Waals surface area contributed by atoms with Crippen molar-refractivity contribution in [1.29, 1.82) is 0 Å². The molecule has 0 atom stereocenters. The van der Waals surface area contributed by atoms with Gasteiger partial charge in [0.25, 0.3) is 5.91 Å². The molecule has 0 aliphatic carbocycles. The minimum Gasteiger partial charge on any atom is -0.482 e. The summed E-state index contributed by atoms with van der Waals surface area (Å²) in [5, 5.41) is 2.50. The Morgan fingerprint density at radius 1 is 1.12 bits per heavy atom. The maximum absolute atomic E-state index is 14.1. The number of rotatable bonds is 5. The number of amides is 2. The van der Waals surface area contributed by atoms with Gasteiger partial charge in [0.2, 0.25) is 0 Å². The van der Waals surface area contributed by atoms with E-state index in [0.29, 0.717) is 17.0 Å². The Kier molecular flexibility index (Phi) is 7.70. The summed E-state index contributed by atoms with van der Waals surface area (Å²) in [6, 6.07) is 10.3. The Labute approximate surface area is 232 Å². The first-order valence-electron chi connectivity index (χ1n) is 12.9. The Morgan fingerprint density at radius 3 is 2.35 bits per heavy atom. The largest absolute Gasteiger partial charge is 0.482 e. The van der Waals surface area contributed by atoms with Gasteiger partial charge in [-0.2, -0.15) is 0 Å². The van der Waals surface area contributed by atoms with Crippen LogP contribution >= 0.6 is 0 Å². The number of halogens is 2. The molecular weight excluding hydrogens is 518 g/mol. The number of allylic oxidation sites excluding steroid dienone is 3. The van der Waals surface area contributed by atoms with E-state index in [-0.39, 0.29) is 25.3 Å². The van der Waals surface area contributed by atoms with E-state index in [1.807, 2.05) is 6.92 Å². The Bertz CT molecular complexity index is 1450. The van der Waals surface area contributed by atoms with Gasteiger partial charge >= 0.3 is 6.09 Å². The van der Waals surface area contributed by atoms with E-state index in [2.05, 4.69) is 11.9 Å². The van der Waals surface area contributed by atoms with Crippen molar-refractivity contribution in [2.45, 2.75) is 52.2 Å². The lowest BCUT2D eigenvalue weighted by Gasteiger charge is -2.50. The normalized spacial score (nSPS) is 16.8. The van der Waals surface area contributed by atoms with Crippen LogP contribution in [0.2, 0.25) is 0 Å². The van der Waals surface area contributed by atoms with Crippen molar-refractivity contribution >= 4 is 23.5 Å². The monoisotopic (exact) mass is 550 g/mol. The van der Waals surface area contributed by atoms with Crippen molar-refractivity contribution in [1.82, 2.24) is 4.90 Å². The second-order valence-corrected chi connectivity index (χ2v) is 11.0. The number of carbonyl (C=O) groups excluding carboxylic acids is 3. The van der Waals surface area contributed by atoms with E-state index in [1.54, 1.807) is 57.2 Å². The van der Waals surface area contributed by atoms with Crippen LogP contribution in [-0.4, -0.2) is 47.0 Å². The zero-order valence-electron chi connectivity index (χ0n) is 23.2. The number of hydrogen-bond donors (Lipinski definition) is 1. The molecule has 1 N–H and O–H groups in total. The van der Waals surface area contributed by atoms with E-state index in [0.717, 1.165) is 28.8 Å². The lowest BCUT2D eigenvalue weighted by Crippen LogP contribution is -2.68. The summed E-state index contributed by atoms with van der Waals surface area (Å²) in [7, 11) is 0. The lowest BCUT2D eigenvalue weighted by molar-refractivity contribution is -0.112. The zero-order valence-corrected chi connectivity index (χ0v) is 23.2. The van der Waals surface area contributed by atoms with Crippen molar-refractivity contribution < 1.29 is 32.6 Å². The SMILES string of the molecule is C=C/C(F)=C(C(=O)Nc1ccc(-c2cc3c(cc2C)C(=O)CC2(CN(C(=O)OC(C)(C)C)C2)O3)cc1)\C(F)=C/C. The maximum Gasteiger partial charge on any atom is 0.410 e. The van der Waals surface area contributed by atoms with E-state index < -0.39 is 40.4 Å². The molecule has 0 saturated carbocycles. The Hall–Kier alpha value is -4.27. The highest BCUT2D eigenvalue weighted by atomic mass is 19.1. The maximum atomic E-state index is 14.1. The van der Waals surface area contributed by atoms with E-state index >= 15 is 0 Å². The number of aryl methyl sites for hydroxylation is 1. The average Bonchev–Trinajstić information content (AvgIpc) is 2.86. The summed E-state index contributed by atoms with van der Waals surface area (Å²) in [4.78, 5) is 39.5. The third kappa shape index (κ3) is 5.83. The van der Waals surface area contributed by atoms with E-state index in [4.69, 9.17) is 9.47 Å². The van der Waals surface area contributed by atoms with Gasteiger partial charge in [-0.25, -0.2) is 13.6 Å². The van der Waals surface area contributed by atoms with Gasteiger partial charge in [0.1, 0.15) is 28.6 Å². The topological polar surface area (TPSA) is 84.9 Å². The third-order valence-electron chi connectivity index (χ3n) is 6.64. The highest BCUT2D eigenvalue weighted by Gasteiger charge is 2.52. The van der Waals surface area contributed by atoms with Crippen LogP contribution in [0.3, 0.4) is 0 Å². The summed E-state index contributed by atoms with van der Waals surface area (Å²) in [6.45, 7) is 12.4. The number of ketones is 1. The van der Waals surface area contributed by atoms with Crippen LogP contribution in [0, 0.1) is 6.92 Å². The van der Waals surface area contributed by atoms with Crippen molar-refractivity contribution in [2.75, 3.05) is 18.4 Å². The molecule has 2 aromatic rings. The van der Waals surface area contributed by atoms with Crippen LogP contribution in [0.1, 0.15) is 50.0 Å². The van der Waals surface area contributed by atoms with Crippen LogP contribution in [-0.2, 0) is 9.53 Å². The van der Waals surface area contributed by atoms with Gasteiger partial charge in [0, 0.05) is 5.69 Å². The minimum absolute atomic E-state index is 0.0539. The molecule has 2 aliphatic heterocycles. The molecule has 2 aromatic carbocycles. The summed E-state index contributed by atoms with van der Waals surface area (Å²) in [5.41, 5.74) is 1.11. The van der Waals surface area contributed by atoms with Gasteiger partial charge in [-0.1, -0.05) is 24.8 Å². The molecule has 4 rings (SSSR count). The second kappa shape index (κ2) is 10.7. The van der Waals surface area contributed by atoms with E-state index in [1.165, 1.54) is 11.8 Å². The number of fused-ring (bicyclic) bond motifs is 1. The van der Waals surface area contributed by atoms with Crippen molar-refractivity contribution in [2.24, 2.45) is 0 Å². The average molecular weight is 551 g/mol. The molecule has 40 heavy (non-hydrogen) atoms. The second-order valence-electron chi connectivity index (χ2n) is 11.0. The molecule has 210 valence electrons. The highest BCUT2D eigenvalue weighted by molar-refractivity contribution is 6.07. The first-order chi connectivity index (χ1) is 18.8. The molecule has 0 radical (unpaired) electrons. The molecule has 0 aromatic heterocycles. The van der Waals surface area contributed by atoms with Crippen molar-refractivity contribution in [3.8, 4) is 16.9 Å². The van der Waals surface area contributed by atoms with Crippen LogP contribution in [0.15, 0.2) is 72.4 Å². The molecule has 2 aliphatic rings. The first-order valence-corrected chi connectivity index (χ1v) is 12.9. The molecule has 1 saturated heterocycles. The summed E-state index contributed by atoms with van der Waals surface area (Å²) < 4.78 is 39.9. The van der Waals surface area contributed by atoms with Gasteiger partial charge in [0.05, 0.1) is 25.1 Å². The van der Waals surface area contributed by atoms with Crippen LogP contribution in [0.5, 0.6) is 5.75 Å². The molecule has 2 heterocycles. The Balaban J connectivity index is 1.53. The molecular formula is C31H32F2N2O5. The van der Waals surface area contributed by atoms with Gasteiger partial charge in [-0.15, -0.1) is 0 Å². The minimum atomic E-state index is -1.07. The standard InChI is InChI=1S/C31H32F2N2O5/c1-7-23(32)27(24(33)8-2)28(37)34-20-11-9-19(10-12-20)21-14-26-22(13-18(21)3)25(36)15-31(39-26)16-35(17-31)29(38)40-30(4,5)6/h7-14H,1,15-17H2,2-6H3,(H,34,37)/b24-8+,27-23-. The smallest absolute Gasteiger partial charge is 0.410 e.